The van der Waals surface area contributed by atoms with Crippen LogP contribution in [0.15, 0.2) is 30.3 Å². The SMILES string of the molecule is Cc1ccc(-c2ccc(C#N)s2)cc1C(N)=O. The molecule has 17 heavy (non-hydrogen) atoms. The average molecular weight is 242 g/mol. The number of nitriles is 1. The van der Waals surface area contributed by atoms with Crippen molar-refractivity contribution in [2.75, 3.05) is 0 Å². The van der Waals surface area contributed by atoms with Crippen LogP contribution in [0.5, 0.6) is 0 Å². The molecule has 0 saturated heterocycles. The Labute approximate surface area is 103 Å². The van der Waals surface area contributed by atoms with Crippen molar-refractivity contribution < 1.29 is 4.79 Å². The van der Waals surface area contributed by atoms with Crippen molar-refractivity contribution in [3.8, 4) is 16.5 Å². The molecule has 1 heterocycles. The zero-order valence-corrected chi connectivity index (χ0v) is 10.0. The van der Waals surface area contributed by atoms with E-state index in [2.05, 4.69) is 6.07 Å². The molecule has 1 aromatic heterocycles. The summed E-state index contributed by atoms with van der Waals surface area (Å²) in [5.41, 5.74) is 7.60. The standard InChI is InChI=1S/C13H10N2OS/c1-8-2-3-9(6-11(8)13(15)16)12-5-4-10(7-14)17-12/h2-6H,1H3,(H2,15,16). The number of hydrogen-bond acceptors (Lipinski definition) is 3. The molecule has 0 spiro atoms. The summed E-state index contributed by atoms with van der Waals surface area (Å²) in [4.78, 5) is 12.9. The van der Waals surface area contributed by atoms with Crippen LogP contribution in [-0.4, -0.2) is 5.91 Å². The summed E-state index contributed by atoms with van der Waals surface area (Å²) in [6.07, 6.45) is 0. The Hall–Kier alpha value is -2.12. The van der Waals surface area contributed by atoms with E-state index in [1.54, 1.807) is 12.1 Å². The number of amides is 1. The van der Waals surface area contributed by atoms with E-state index < -0.39 is 5.91 Å². The number of rotatable bonds is 2. The van der Waals surface area contributed by atoms with Crippen LogP contribution in [-0.2, 0) is 0 Å². The Morgan fingerprint density at radius 1 is 1.35 bits per heavy atom. The van der Waals surface area contributed by atoms with Gasteiger partial charge in [-0.1, -0.05) is 12.1 Å². The van der Waals surface area contributed by atoms with Crippen molar-refractivity contribution >= 4 is 17.2 Å². The van der Waals surface area contributed by atoms with E-state index in [0.29, 0.717) is 10.4 Å². The van der Waals surface area contributed by atoms with Crippen LogP contribution in [0, 0.1) is 18.3 Å². The van der Waals surface area contributed by atoms with Crippen molar-refractivity contribution in [1.29, 1.82) is 5.26 Å². The molecule has 0 unspecified atom stereocenters. The number of carbonyl (C=O) groups is 1. The van der Waals surface area contributed by atoms with E-state index in [1.807, 2.05) is 25.1 Å². The van der Waals surface area contributed by atoms with Crippen molar-refractivity contribution in [2.24, 2.45) is 5.73 Å². The summed E-state index contributed by atoms with van der Waals surface area (Å²) in [5, 5.41) is 8.77. The molecule has 2 N–H and O–H groups in total. The Bertz CT molecular complexity index is 623. The molecule has 1 amide bonds. The van der Waals surface area contributed by atoms with Gasteiger partial charge in [0.15, 0.2) is 0 Å². The monoisotopic (exact) mass is 242 g/mol. The molecule has 0 aliphatic rings. The number of nitrogens with two attached hydrogens (primary N) is 1. The molecule has 84 valence electrons. The van der Waals surface area contributed by atoms with Crippen LogP contribution in [0.3, 0.4) is 0 Å². The maximum atomic E-state index is 11.2. The van der Waals surface area contributed by atoms with Gasteiger partial charge in [-0.05, 0) is 36.2 Å². The number of nitrogens with zero attached hydrogens (tertiary/aromatic N) is 1. The van der Waals surface area contributed by atoms with E-state index in [4.69, 9.17) is 11.0 Å². The Morgan fingerprint density at radius 2 is 2.12 bits per heavy atom. The second-order valence-corrected chi connectivity index (χ2v) is 4.75. The van der Waals surface area contributed by atoms with Gasteiger partial charge in [0.2, 0.25) is 5.91 Å². The minimum Gasteiger partial charge on any atom is -0.366 e. The Morgan fingerprint density at radius 3 is 2.71 bits per heavy atom. The predicted molar refractivity (Wildman–Crippen MR) is 67.7 cm³/mol. The smallest absolute Gasteiger partial charge is 0.248 e. The fourth-order valence-electron chi connectivity index (χ4n) is 1.59. The van der Waals surface area contributed by atoms with E-state index in [-0.39, 0.29) is 0 Å². The van der Waals surface area contributed by atoms with Gasteiger partial charge in [-0.15, -0.1) is 11.3 Å². The second-order valence-electron chi connectivity index (χ2n) is 3.67. The van der Waals surface area contributed by atoms with Crippen molar-refractivity contribution in [2.45, 2.75) is 6.92 Å². The minimum atomic E-state index is -0.429. The third kappa shape index (κ3) is 2.19. The second kappa shape index (κ2) is 4.40. The average Bonchev–Trinajstić information content (AvgIpc) is 2.78. The summed E-state index contributed by atoms with van der Waals surface area (Å²) >= 11 is 1.40. The molecule has 0 bridgehead atoms. The summed E-state index contributed by atoms with van der Waals surface area (Å²) in [7, 11) is 0. The number of primary amides is 1. The molecule has 2 aromatic rings. The molecular weight excluding hydrogens is 232 g/mol. The van der Waals surface area contributed by atoms with Gasteiger partial charge in [0.25, 0.3) is 0 Å². The van der Waals surface area contributed by atoms with Crippen LogP contribution in [0.4, 0.5) is 0 Å². The van der Waals surface area contributed by atoms with Crippen LogP contribution < -0.4 is 5.73 Å². The molecule has 4 heteroatoms. The summed E-state index contributed by atoms with van der Waals surface area (Å²) in [6.45, 7) is 1.85. The summed E-state index contributed by atoms with van der Waals surface area (Å²) < 4.78 is 0. The highest BCUT2D eigenvalue weighted by molar-refractivity contribution is 7.16. The summed E-state index contributed by atoms with van der Waals surface area (Å²) in [5.74, 6) is -0.429. The fraction of sp³-hybridized carbons (Fsp3) is 0.0769. The zero-order valence-electron chi connectivity index (χ0n) is 9.23. The van der Waals surface area contributed by atoms with E-state index in [0.717, 1.165) is 16.0 Å². The molecule has 0 aliphatic heterocycles. The highest BCUT2D eigenvalue weighted by Crippen LogP contribution is 2.29. The molecule has 0 radical (unpaired) electrons. The van der Waals surface area contributed by atoms with Crippen molar-refractivity contribution in [1.82, 2.24) is 0 Å². The quantitative estimate of drug-likeness (QED) is 0.879. The minimum absolute atomic E-state index is 0.429. The van der Waals surface area contributed by atoms with Gasteiger partial charge >= 0.3 is 0 Å². The van der Waals surface area contributed by atoms with Gasteiger partial charge < -0.3 is 5.73 Å². The van der Waals surface area contributed by atoms with Crippen molar-refractivity contribution in [3.05, 3.63) is 46.3 Å². The van der Waals surface area contributed by atoms with Crippen LogP contribution in [0.25, 0.3) is 10.4 Å². The van der Waals surface area contributed by atoms with E-state index in [1.165, 1.54) is 11.3 Å². The number of carbonyl (C=O) groups excluding carboxylic acids is 1. The predicted octanol–water partition coefficient (Wildman–Crippen LogP) is 2.69. The normalized spacial score (nSPS) is 9.88. The first kappa shape index (κ1) is 11.4. The Balaban J connectivity index is 2.50. The molecule has 0 saturated carbocycles. The number of benzene rings is 1. The number of aryl methyl sites for hydroxylation is 1. The van der Waals surface area contributed by atoms with Gasteiger partial charge in [-0.2, -0.15) is 5.26 Å². The molecule has 3 nitrogen and oxygen atoms in total. The van der Waals surface area contributed by atoms with E-state index >= 15 is 0 Å². The first-order valence-corrected chi connectivity index (χ1v) is 5.84. The van der Waals surface area contributed by atoms with Gasteiger partial charge in [0.1, 0.15) is 10.9 Å². The third-order valence-corrected chi connectivity index (χ3v) is 3.54. The van der Waals surface area contributed by atoms with Crippen LogP contribution in [0.2, 0.25) is 0 Å². The highest BCUT2D eigenvalue weighted by atomic mass is 32.1. The first-order chi connectivity index (χ1) is 8.11. The zero-order chi connectivity index (χ0) is 12.4. The molecule has 1 aromatic carbocycles. The maximum absolute atomic E-state index is 11.2. The van der Waals surface area contributed by atoms with Crippen LogP contribution >= 0.6 is 11.3 Å². The topological polar surface area (TPSA) is 66.9 Å². The lowest BCUT2D eigenvalue weighted by molar-refractivity contribution is 0.1000. The number of hydrogen-bond donors (Lipinski definition) is 1. The first-order valence-electron chi connectivity index (χ1n) is 5.02. The molecular formula is C13H10N2OS. The Kier molecular flexibility index (Phi) is 2.94. The molecule has 0 atom stereocenters. The largest absolute Gasteiger partial charge is 0.366 e. The highest BCUT2D eigenvalue weighted by Gasteiger charge is 2.08. The fourth-order valence-corrected chi connectivity index (χ4v) is 2.39. The maximum Gasteiger partial charge on any atom is 0.248 e. The van der Waals surface area contributed by atoms with Gasteiger partial charge in [-0.3, -0.25) is 4.79 Å². The molecule has 0 fully saturated rings. The number of thiophene rings is 1. The lowest BCUT2D eigenvalue weighted by Gasteiger charge is -2.04. The van der Waals surface area contributed by atoms with Gasteiger partial charge in [-0.25, -0.2) is 0 Å². The summed E-state index contributed by atoms with van der Waals surface area (Å²) in [6, 6.07) is 11.3. The van der Waals surface area contributed by atoms with Crippen molar-refractivity contribution in [3.63, 3.8) is 0 Å². The molecule has 0 aliphatic carbocycles. The van der Waals surface area contributed by atoms with Gasteiger partial charge in [0, 0.05) is 10.4 Å². The lowest BCUT2D eigenvalue weighted by Crippen LogP contribution is -2.12. The van der Waals surface area contributed by atoms with Crippen LogP contribution in [0.1, 0.15) is 20.8 Å². The molecule has 2 rings (SSSR count). The van der Waals surface area contributed by atoms with E-state index in [9.17, 15) is 4.79 Å². The lowest BCUT2D eigenvalue weighted by atomic mass is 10.0. The van der Waals surface area contributed by atoms with Gasteiger partial charge in [0.05, 0.1) is 0 Å². The third-order valence-electron chi connectivity index (χ3n) is 2.50.